The number of nitrogens with one attached hydrogen (secondary N) is 2. The van der Waals surface area contributed by atoms with Gasteiger partial charge in [0.2, 0.25) is 0 Å². The third-order valence-corrected chi connectivity index (χ3v) is 3.30. The number of thiophene rings is 1. The van der Waals surface area contributed by atoms with Crippen molar-refractivity contribution in [1.29, 1.82) is 0 Å². The van der Waals surface area contributed by atoms with Crippen LogP contribution in [0.25, 0.3) is 10.2 Å². The second-order valence-electron chi connectivity index (χ2n) is 3.49. The number of hydrogen-bond acceptors (Lipinski definition) is 4. The Labute approximate surface area is 103 Å². The molecule has 0 aliphatic heterocycles. The molecule has 0 fully saturated rings. The molecule has 0 aromatic carbocycles. The first kappa shape index (κ1) is 12.1. The second-order valence-corrected chi connectivity index (χ2v) is 4.44. The number of aromatic nitrogens is 1. The van der Waals surface area contributed by atoms with Crippen molar-refractivity contribution < 1.29 is 14.3 Å². The molecule has 0 radical (unpaired) electrons. The molecule has 2 aromatic heterocycles. The average Bonchev–Trinajstić information content (AvgIpc) is 2.90. The maximum Gasteiger partial charge on any atom is 0.267 e. The van der Waals surface area contributed by atoms with Crippen LogP contribution in [-0.4, -0.2) is 37.9 Å². The van der Waals surface area contributed by atoms with Gasteiger partial charge in [-0.05, 0) is 17.5 Å². The predicted octanol–water partition coefficient (Wildman–Crippen LogP) is 1.58. The molecule has 2 rings (SSSR count). The van der Waals surface area contributed by atoms with E-state index in [1.165, 1.54) is 14.2 Å². The number of ether oxygens (including phenoxy) is 2. The summed E-state index contributed by atoms with van der Waals surface area (Å²) < 4.78 is 11.0. The molecule has 2 heterocycles. The topological polar surface area (TPSA) is 63.3 Å². The predicted molar refractivity (Wildman–Crippen MR) is 66.3 cm³/mol. The maximum absolute atomic E-state index is 11.8. The van der Waals surface area contributed by atoms with Gasteiger partial charge < -0.3 is 19.8 Å². The van der Waals surface area contributed by atoms with Crippen LogP contribution in [0.15, 0.2) is 17.5 Å². The van der Waals surface area contributed by atoms with E-state index in [-0.39, 0.29) is 5.91 Å². The number of methoxy groups -OCH3 is 2. The van der Waals surface area contributed by atoms with Gasteiger partial charge in [0.25, 0.3) is 5.91 Å². The molecule has 0 bridgehead atoms. The van der Waals surface area contributed by atoms with Crippen LogP contribution in [-0.2, 0) is 9.47 Å². The Balaban J connectivity index is 1.98. The van der Waals surface area contributed by atoms with Crippen LogP contribution in [0.3, 0.4) is 0 Å². The van der Waals surface area contributed by atoms with Crippen molar-refractivity contribution in [2.45, 2.75) is 6.29 Å². The smallest absolute Gasteiger partial charge is 0.267 e. The Morgan fingerprint density at radius 1 is 1.53 bits per heavy atom. The molecular formula is C11H14N2O3S. The quantitative estimate of drug-likeness (QED) is 0.796. The highest BCUT2D eigenvalue weighted by Gasteiger charge is 2.12. The summed E-state index contributed by atoms with van der Waals surface area (Å²) in [7, 11) is 3.07. The van der Waals surface area contributed by atoms with Gasteiger partial charge in [0, 0.05) is 14.2 Å². The third kappa shape index (κ3) is 2.66. The molecule has 2 aromatic rings. The number of rotatable bonds is 5. The van der Waals surface area contributed by atoms with Gasteiger partial charge in [-0.3, -0.25) is 4.79 Å². The highest BCUT2D eigenvalue weighted by Crippen LogP contribution is 2.21. The van der Waals surface area contributed by atoms with Crippen LogP contribution in [0.2, 0.25) is 0 Å². The number of carbonyl (C=O) groups excluding carboxylic acids is 1. The molecule has 0 atom stereocenters. The Morgan fingerprint density at radius 3 is 2.94 bits per heavy atom. The fourth-order valence-corrected chi connectivity index (χ4v) is 2.29. The molecule has 17 heavy (non-hydrogen) atoms. The Kier molecular flexibility index (Phi) is 3.78. The summed E-state index contributed by atoms with van der Waals surface area (Å²) in [6, 6.07) is 3.79. The zero-order valence-corrected chi connectivity index (χ0v) is 10.5. The van der Waals surface area contributed by atoms with Gasteiger partial charge in [-0.2, -0.15) is 0 Å². The monoisotopic (exact) mass is 254 g/mol. The maximum atomic E-state index is 11.8. The number of fused-ring (bicyclic) bond motifs is 1. The minimum Gasteiger partial charge on any atom is -0.354 e. The lowest BCUT2D eigenvalue weighted by molar-refractivity contribution is -0.0974. The van der Waals surface area contributed by atoms with E-state index in [4.69, 9.17) is 9.47 Å². The molecule has 5 nitrogen and oxygen atoms in total. The molecular weight excluding hydrogens is 240 g/mol. The molecule has 6 heteroatoms. The SMILES string of the molecule is COC(CNC(=O)c1cc2sccc2[nH]1)OC. The second kappa shape index (κ2) is 5.31. The van der Waals surface area contributed by atoms with Crippen molar-refractivity contribution in [3.05, 3.63) is 23.2 Å². The van der Waals surface area contributed by atoms with Crippen molar-refractivity contribution in [3.63, 3.8) is 0 Å². The van der Waals surface area contributed by atoms with E-state index in [1.807, 2.05) is 17.5 Å². The van der Waals surface area contributed by atoms with E-state index in [9.17, 15) is 4.79 Å². The van der Waals surface area contributed by atoms with E-state index in [0.29, 0.717) is 12.2 Å². The summed E-state index contributed by atoms with van der Waals surface area (Å²) in [5.74, 6) is -0.160. The van der Waals surface area contributed by atoms with Gasteiger partial charge >= 0.3 is 0 Å². The minimum atomic E-state index is -0.421. The average molecular weight is 254 g/mol. The summed E-state index contributed by atoms with van der Waals surface area (Å²) in [5.41, 5.74) is 1.54. The van der Waals surface area contributed by atoms with E-state index in [2.05, 4.69) is 10.3 Å². The summed E-state index contributed by atoms with van der Waals surface area (Å²) in [6.45, 7) is 0.318. The van der Waals surface area contributed by atoms with Gasteiger partial charge in [0.05, 0.1) is 16.8 Å². The van der Waals surface area contributed by atoms with E-state index >= 15 is 0 Å². The summed E-state index contributed by atoms with van der Waals surface area (Å²) in [4.78, 5) is 14.9. The number of hydrogen-bond donors (Lipinski definition) is 2. The first-order valence-corrected chi connectivity index (χ1v) is 6.02. The first-order valence-electron chi connectivity index (χ1n) is 5.14. The first-order chi connectivity index (χ1) is 8.24. The molecule has 0 aliphatic carbocycles. The molecule has 0 saturated carbocycles. The van der Waals surface area contributed by atoms with Gasteiger partial charge in [-0.15, -0.1) is 11.3 Å². The van der Waals surface area contributed by atoms with Crippen molar-refractivity contribution in [1.82, 2.24) is 10.3 Å². The summed E-state index contributed by atoms with van der Waals surface area (Å²) in [6.07, 6.45) is -0.421. The number of carbonyl (C=O) groups is 1. The highest BCUT2D eigenvalue weighted by atomic mass is 32.1. The lowest BCUT2D eigenvalue weighted by Crippen LogP contribution is -2.34. The molecule has 0 spiro atoms. The lowest BCUT2D eigenvalue weighted by Gasteiger charge is -2.13. The van der Waals surface area contributed by atoms with Crippen molar-refractivity contribution >= 4 is 27.5 Å². The van der Waals surface area contributed by atoms with Crippen LogP contribution >= 0.6 is 11.3 Å². The van der Waals surface area contributed by atoms with E-state index in [0.717, 1.165) is 10.2 Å². The molecule has 0 unspecified atom stereocenters. The van der Waals surface area contributed by atoms with Crippen LogP contribution in [0.5, 0.6) is 0 Å². The van der Waals surface area contributed by atoms with Crippen molar-refractivity contribution in [2.24, 2.45) is 0 Å². The van der Waals surface area contributed by atoms with Gasteiger partial charge in [-0.25, -0.2) is 0 Å². The van der Waals surface area contributed by atoms with Gasteiger partial charge in [0.15, 0.2) is 6.29 Å². The highest BCUT2D eigenvalue weighted by molar-refractivity contribution is 7.17. The third-order valence-electron chi connectivity index (χ3n) is 2.44. The standard InChI is InChI=1S/C11H14N2O3S/c1-15-10(16-2)6-12-11(14)8-5-9-7(13-8)3-4-17-9/h3-5,10,13H,6H2,1-2H3,(H,12,14). The van der Waals surface area contributed by atoms with E-state index in [1.54, 1.807) is 11.3 Å². The van der Waals surface area contributed by atoms with Crippen LogP contribution in [0.4, 0.5) is 0 Å². The molecule has 92 valence electrons. The zero-order valence-electron chi connectivity index (χ0n) is 9.65. The summed E-state index contributed by atoms with van der Waals surface area (Å²) in [5, 5.41) is 4.72. The Morgan fingerprint density at radius 2 is 2.29 bits per heavy atom. The van der Waals surface area contributed by atoms with Crippen LogP contribution in [0, 0.1) is 0 Å². The number of amides is 1. The van der Waals surface area contributed by atoms with Crippen LogP contribution in [0.1, 0.15) is 10.5 Å². The van der Waals surface area contributed by atoms with Gasteiger partial charge in [-0.1, -0.05) is 0 Å². The molecule has 2 N–H and O–H groups in total. The van der Waals surface area contributed by atoms with Crippen molar-refractivity contribution in [3.8, 4) is 0 Å². The van der Waals surface area contributed by atoms with Gasteiger partial charge in [0.1, 0.15) is 5.69 Å². The lowest BCUT2D eigenvalue weighted by atomic mass is 10.4. The van der Waals surface area contributed by atoms with Crippen molar-refractivity contribution in [2.75, 3.05) is 20.8 Å². The molecule has 1 amide bonds. The Hall–Kier alpha value is -1.37. The number of H-pyrrole nitrogens is 1. The van der Waals surface area contributed by atoms with Crippen LogP contribution < -0.4 is 5.32 Å². The molecule has 0 aliphatic rings. The normalized spacial score (nSPS) is 11.2. The zero-order chi connectivity index (χ0) is 12.3. The minimum absolute atomic E-state index is 0.160. The fourth-order valence-electron chi connectivity index (χ4n) is 1.50. The fraction of sp³-hybridized carbons (Fsp3) is 0.364. The Bertz CT molecular complexity index is 473. The molecule has 0 saturated heterocycles. The van der Waals surface area contributed by atoms with E-state index < -0.39 is 6.29 Å². The summed E-state index contributed by atoms with van der Waals surface area (Å²) >= 11 is 1.60. The largest absolute Gasteiger partial charge is 0.354 e. The number of aromatic amines is 1.